The molecule has 0 saturated heterocycles. The van der Waals surface area contributed by atoms with Gasteiger partial charge in [0.05, 0.1) is 24.0 Å². The summed E-state index contributed by atoms with van der Waals surface area (Å²) >= 11 is 0. The molecule has 0 fully saturated rings. The molecule has 1 aromatic heterocycles. The standard InChI is InChI=1S/C13H20N2O3/c1-13(2,17)9-15(3)8-11-10(12(16)18-4)6-5-7-14-11/h5-7,17H,8-9H2,1-4H3. The summed E-state index contributed by atoms with van der Waals surface area (Å²) in [6.07, 6.45) is 1.64. The number of rotatable bonds is 5. The molecule has 1 heterocycles. The van der Waals surface area contributed by atoms with Crippen molar-refractivity contribution in [3.63, 3.8) is 0 Å². The highest BCUT2D eigenvalue weighted by molar-refractivity contribution is 5.90. The molecule has 1 rings (SSSR count). The SMILES string of the molecule is COC(=O)c1cccnc1CN(C)CC(C)(C)O. The molecule has 18 heavy (non-hydrogen) atoms. The van der Waals surface area contributed by atoms with Crippen molar-refractivity contribution >= 4 is 5.97 Å². The van der Waals surface area contributed by atoms with Gasteiger partial charge in [0, 0.05) is 19.3 Å². The Morgan fingerprint density at radius 3 is 2.78 bits per heavy atom. The van der Waals surface area contributed by atoms with Gasteiger partial charge in [-0.15, -0.1) is 0 Å². The number of carbonyl (C=O) groups excluding carboxylic acids is 1. The van der Waals surface area contributed by atoms with Gasteiger partial charge >= 0.3 is 5.97 Å². The smallest absolute Gasteiger partial charge is 0.339 e. The average molecular weight is 252 g/mol. The maximum absolute atomic E-state index is 11.6. The van der Waals surface area contributed by atoms with Gasteiger partial charge in [-0.3, -0.25) is 9.88 Å². The number of methoxy groups -OCH3 is 1. The topological polar surface area (TPSA) is 62.7 Å². The van der Waals surface area contributed by atoms with Crippen molar-refractivity contribution in [2.45, 2.75) is 26.0 Å². The first-order chi connectivity index (χ1) is 8.33. The molecule has 0 spiro atoms. The van der Waals surface area contributed by atoms with E-state index in [4.69, 9.17) is 4.74 Å². The Bertz CT molecular complexity index is 413. The fourth-order valence-electron chi connectivity index (χ4n) is 1.83. The molecule has 0 atom stereocenters. The largest absolute Gasteiger partial charge is 0.465 e. The second kappa shape index (κ2) is 5.93. The van der Waals surface area contributed by atoms with Crippen LogP contribution in [-0.2, 0) is 11.3 Å². The lowest BCUT2D eigenvalue weighted by molar-refractivity contribution is 0.0419. The molecule has 5 nitrogen and oxygen atoms in total. The summed E-state index contributed by atoms with van der Waals surface area (Å²) in [4.78, 5) is 17.7. The average Bonchev–Trinajstić information content (AvgIpc) is 2.26. The Morgan fingerprint density at radius 2 is 2.22 bits per heavy atom. The second-order valence-electron chi connectivity index (χ2n) is 4.97. The van der Waals surface area contributed by atoms with Crippen LogP contribution in [0.1, 0.15) is 29.9 Å². The van der Waals surface area contributed by atoms with E-state index >= 15 is 0 Å². The third-order valence-corrected chi connectivity index (χ3v) is 2.37. The molecule has 0 radical (unpaired) electrons. The number of esters is 1. The van der Waals surface area contributed by atoms with Crippen LogP contribution >= 0.6 is 0 Å². The van der Waals surface area contributed by atoms with Crippen molar-refractivity contribution in [1.29, 1.82) is 0 Å². The minimum absolute atomic E-state index is 0.394. The van der Waals surface area contributed by atoms with Gasteiger partial charge in [-0.25, -0.2) is 4.79 Å². The monoisotopic (exact) mass is 252 g/mol. The first-order valence-corrected chi connectivity index (χ1v) is 5.76. The number of pyridine rings is 1. The highest BCUT2D eigenvalue weighted by Gasteiger charge is 2.18. The van der Waals surface area contributed by atoms with Crippen LogP contribution in [0.3, 0.4) is 0 Å². The number of likely N-dealkylation sites (N-methyl/N-ethyl adjacent to an activating group) is 1. The Kier molecular flexibility index (Phi) is 4.81. The number of carbonyl (C=O) groups is 1. The summed E-state index contributed by atoms with van der Waals surface area (Å²) < 4.78 is 4.71. The number of aromatic nitrogens is 1. The molecular weight excluding hydrogens is 232 g/mol. The molecule has 0 aliphatic rings. The highest BCUT2D eigenvalue weighted by atomic mass is 16.5. The van der Waals surface area contributed by atoms with Crippen molar-refractivity contribution in [3.05, 3.63) is 29.6 Å². The van der Waals surface area contributed by atoms with Gasteiger partial charge in [0.15, 0.2) is 0 Å². The lowest BCUT2D eigenvalue weighted by Gasteiger charge is -2.25. The number of hydrogen-bond donors (Lipinski definition) is 1. The quantitative estimate of drug-likeness (QED) is 0.794. The van der Waals surface area contributed by atoms with E-state index < -0.39 is 11.6 Å². The van der Waals surface area contributed by atoms with Crippen LogP contribution in [0.25, 0.3) is 0 Å². The maximum atomic E-state index is 11.6. The summed E-state index contributed by atoms with van der Waals surface area (Å²) in [5.41, 5.74) is 0.327. The van der Waals surface area contributed by atoms with Gasteiger partial charge in [0.1, 0.15) is 0 Å². The van der Waals surface area contributed by atoms with E-state index in [2.05, 4.69) is 4.98 Å². The maximum Gasteiger partial charge on any atom is 0.339 e. The van der Waals surface area contributed by atoms with Crippen LogP contribution in [0.4, 0.5) is 0 Å². The third kappa shape index (κ3) is 4.43. The fourth-order valence-corrected chi connectivity index (χ4v) is 1.83. The van der Waals surface area contributed by atoms with Gasteiger partial charge in [-0.1, -0.05) is 0 Å². The number of nitrogens with zero attached hydrogens (tertiary/aromatic N) is 2. The fraction of sp³-hybridized carbons (Fsp3) is 0.538. The Labute approximate surface area is 107 Å². The molecule has 0 unspecified atom stereocenters. The van der Waals surface area contributed by atoms with Crippen LogP contribution in [0.5, 0.6) is 0 Å². The van der Waals surface area contributed by atoms with Crippen LogP contribution in [0.2, 0.25) is 0 Å². The third-order valence-electron chi connectivity index (χ3n) is 2.37. The van der Waals surface area contributed by atoms with Gasteiger partial charge in [-0.2, -0.15) is 0 Å². The van der Waals surface area contributed by atoms with E-state index in [0.717, 1.165) is 0 Å². The molecule has 0 aliphatic carbocycles. The number of aliphatic hydroxyl groups is 1. The summed E-state index contributed by atoms with van der Waals surface area (Å²) in [7, 11) is 3.22. The zero-order valence-electron chi connectivity index (χ0n) is 11.3. The van der Waals surface area contributed by atoms with Crippen molar-refractivity contribution in [3.8, 4) is 0 Å². The van der Waals surface area contributed by atoms with Gasteiger partial charge < -0.3 is 9.84 Å². The summed E-state index contributed by atoms with van der Waals surface area (Å²) in [6, 6.07) is 3.39. The van der Waals surface area contributed by atoms with Crippen molar-refractivity contribution in [1.82, 2.24) is 9.88 Å². The van der Waals surface area contributed by atoms with E-state index in [9.17, 15) is 9.90 Å². The van der Waals surface area contributed by atoms with Gasteiger partial charge in [-0.05, 0) is 33.0 Å². The molecule has 100 valence electrons. The number of ether oxygens (including phenoxy) is 1. The molecule has 1 aromatic rings. The zero-order chi connectivity index (χ0) is 13.8. The Balaban J connectivity index is 2.81. The lowest BCUT2D eigenvalue weighted by atomic mass is 10.1. The number of hydrogen-bond acceptors (Lipinski definition) is 5. The van der Waals surface area contributed by atoms with Crippen molar-refractivity contribution in [2.24, 2.45) is 0 Å². The Hall–Kier alpha value is -1.46. The Morgan fingerprint density at radius 1 is 1.56 bits per heavy atom. The van der Waals surface area contributed by atoms with Gasteiger partial charge in [0.2, 0.25) is 0 Å². The molecule has 0 amide bonds. The lowest BCUT2D eigenvalue weighted by Crippen LogP contribution is -2.36. The van der Waals surface area contributed by atoms with Crippen LogP contribution in [-0.4, -0.2) is 47.3 Å². The molecule has 0 bridgehead atoms. The molecule has 1 N–H and O–H groups in total. The van der Waals surface area contributed by atoms with E-state index in [1.54, 1.807) is 32.2 Å². The van der Waals surface area contributed by atoms with Crippen LogP contribution in [0, 0.1) is 0 Å². The predicted molar refractivity (Wildman–Crippen MR) is 68.2 cm³/mol. The molecule has 0 aliphatic heterocycles. The normalized spacial score (nSPS) is 11.7. The zero-order valence-corrected chi connectivity index (χ0v) is 11.3. The molecular formula is C13H20N2O3. The summed E-state index contributed by atoms with van der Waals surface area (Å²) in [5, 5.41) is 9.74. The van der Waals surface area contributed by atoms with Crippen LogP contribution < -0.4 is 0 Å². The first-order valence-electron chi connectivity index (χ1n) is 5.76. The minimum atomic E-state index is -0.783. The highest BCUT2D eigenvalue weighted by Crippen LogP contribution is 2.11. The van der Waals surface area contributed by atoms with E-state index in [1.807, 2.05) is 11.9 Å². The van der Waals surface area contributed by atoms with E-state index in [0.29, 0.717) is 24.3 Å². The molecule has 0 aromatic carbocycles. The van der Waals surface area contributed by atoms with Crippen molar-refractivity contribution < 1.29 is 14.6 Å². The summed E-state index contributed by atoms with van der Waals surface area (Å²) in [6.45, 7) is 4.45. The van der Waals surface area contributed by atoms with E-state index in [-0.39, 0.29) is 0 Å². The minimum Gasteiger partial charge on any atom is -0.465 e. The summed E-state index contributed by atoms with van der Waals surface area (Å²) in [5.74, 6) is -0.394. The molecule has 5 heteroatoms. The predicted octanol–water partition coefficient (Wildman–Crippen LogP) is 1.07. The van der Waals surface area contributed by atoms with Gasteiger partial charge in [0.25, 0.3) is 0 Å². The second-order valence-corrected chi connectivity index (χ2v) is 4.97. The van der Waals surface area contributed by atoms with E-state index in [1.165, 1.54) is 7.11 Å². The first kappa shape index (κ1) is 14.6. The van der Waals surface area contributed by atoms with Crippen molar-refractivity contribution in [2.75, 3.05) is 20.7 Å². The molecule has 0 saturated carbocycles. The van der Waals surface area contributed by atoms with Crippen LogP contribution in [0.15, 0.2) is 18.3 Å².